The number of halogens is 7. The van der Waals surface area contributed by atoms with Crippen LogP contribution in [0, 0.1) is 21.4 Å². The zero-order valence-corrected chi connectivity index (χ0v) is 45.0. The van der Waals surface area contributed by atoms with Crippen LogP contribution in [0.25, 0.3) is 10.9 Å². The lowest BCUT2D eigenvalue weighted by atomic mass is 9.85. The Morgan fingerprint density at radius 3 is 2.04 bits per heavy atom. The predicted molar refractivity (Wildman–Crippen MR) is 261 cm³/mol. The third-order valence-electron chi connectivity index (χ3n) is 12.7. The maximum Gasteiger partial charge on any atom is 0.514 e. The third-order valence-corrected chi connectivity index (χ3v) is 14.0. The molecule has 3 aliphatic rings. The van der Waals surface area contributed by atoms with Crippen LogP contribution in [0.3, 0.4) is 0 Å². The Morgan fingerprint density at radius 1 is 0.922 bits per heavy atom. The zero-order valence-electron chi connectivity index (χ0n) is 43.4. The third kappa shape index (κ3) is 15.2. The van der Waals surface area contributed by atoms with Gasteiger partial charge in [0.1, 0.15) is 35.2 Å². The number of para-hydroxylation sites is 1. The number of carbonyl (C=O) groups excluding carboxylic acids is 5. The summed E-state index contributed by atoms with van der Waals surface area (Å²) in [7, 11) is -4.55. The number of aromatic nitrogens is 1. The van der Waals surface area contributed by atoms with Crippen LogP contribution in [0.2, 0.25) is 5.02 Å². The molecule has 2 aliphatic carbocycles. The smallest absolute Gasteiger partial charge is 0.488 e. The van der Waals surface area contributed by atoms with E-state index in [0.29, 0.717) is 62.9 Å². The van der Waals surface area contributed by atoms with Crippen molar-refractivity contribution in [3.8, 4) is 17.4 Å². The number of non-ortho nitro benzene ring substituents is 1. The fourth-order valence-corrected chi connectivity index (χ4v) is 9.03. The average Bonchev–Trinajstić information content (AvgIpc) is 4.15. The highest BCUT2D eigenvalue weighted by molar-refractivity contribution is 7.85. The molecular formula is C48H59ClF6N6O15S. The van der Waals surface area contributed by atoms with Crippen molar-refractivity contribution in [2.24, 2.45) is 11.3 Å². The van der Waals surface area contributed by atoms with Gasteiger partial charge in [0.15, 0.2) is 0 Å². The largest absolute Gasteiger partial charge is 0.514 e. The van der Waals surface area contributed by atoms with E-state index in [0.717, 1.165) is 29.2 Å². The monoisotopic (exact) mass is 1140 g/mol. The van der Waals surface area contributed by atoms with E-state index < -0.39 is 109 Å². The van der Waals surface area contributed by atoms with Crippen molar-refractivity contribution in [3.63, 3.8) is 0 Å². The lowest BCUT2D eigenvalue weighted by Crippen LogP contribution is -2.60. The fourth-order valence-electron chi connectivity index (χ4n) is 7.67. The predicted octanol–water partition coefficient (Wildman–Crippen LogP) is 8.78. The molecule has 3 fully saturated rings. The van der Waals surface area contributed by atoms with Crippen molar-refractivity contribution in [2.45, 2.75) is 154 Å². The van der Waals surface area contributed by atoms with Gasteiger partial charge in [0.2, 0.25) is 28.9 Å². The molecule has 1 saturated heterocycles. The van der Waals surface area contributed by atoms with Crippen LogP contribution in [-0.4, -0.2) is 119 Å². The number of nitro groups is 1. The van der Waals surface area contributed by atoms with Gasteiger partial charge in [-0.25, -0.2) is 23.5 Å². The Labute approximate surface area is 443 Å². The minimum absolute atomic E-state index is 0.0887. The summed E-state index contributed by atoms with van der Waals surface area (Å²) < 4.78 is 136. The van der Waals surface area contributed by atoms with E-state index in [1.54, 1.807) is 59.7 Å². The molecule has 2 heterocycles. The molecule has 1 aromatic heterocycles. The van der Waals surface area contributed by atoms with Crippen molar-refractivity contribution in [2.75, 3.05) is 13.2 Å². The SMILES string of the molecule is CC(C)(OC(=O)Oc1ccc([N+](=O)[O-])cc1)C(F)(F)F.CCOc1cc(O[C@@H]2C[C@@H](C(=O)N[C@]3(C(=O)NS(=O)(=O)OC4(C)CC4)C[C@H]3CC)N(C(=O)[C@@H](NC(=O)OC(C)(C)C(F)(F)F)C(C)(C)C)C2)c2cccc(Cl)c2n1. The normalized spacial score (nSPS) is 20.6. The first-order valence-electron chi connectivity index (χ1n) is 23.8. The van der Waals surface area contributed by atoms with E-state index in [9.17, 15) is 68.8 Å². The van der Waals surface area contributed by atoms with Gasteiger partial charge in [-0.3, -0.25) is 24.5 Å². The number of alkyl carbamates (subject to hydrolysis) is 1. The second-order valence-electron chi connectivity index (χ2n) is 20.8. The van der Waals surface area contributed by atoms with Crippen LogP contribution in [0.15, 0.2) is 48.5 Å². The fraction of sp³-hybridized carbons (Fsp3) is 0.583. The quantitative estimate of drug-likeness (QED) is 0.0374. The number of alkyl halides is 6. The number of benzene rings is 2. The molecule has 0 bridgehead atoms. The molecule has 0 unspecified atom stereocenters. The van der Waals surface area contributed by atoms with Crippen molar-refractivity contribution in [3.05, 3.63) is 63.7 Å². The van der Waals surface area contributed by atoms with Gasteiger partial charge in [0.25, 0.3) is 11.6 Å². The maximum absolute atomic E-state index is 14.5. The molecule has 21 nitrogen and oxygen atoms in total. The van der Waals surface area contributed by atoms with Gasteiger partial charge in [-0.2, -0.15) is 34.8 Å². The van der Waals surface area contributed by atoms with Gasteiger partial charge in [0, 0.05) is 30.0 Å². The number of hydrogen-bond donors (Lipinski definition) is 3. The topological polar surface area (TPSA) is 270 Å². The molecule has 0 radical (unpaired) electrons. The summed E-state index contributed by atoms with van der Waals surface area (Å²) in [6.45, 7) is 12.5. The summed E-state index contributed by atoms with van der Waals surface area (Å²) >= 11 is 6.46. The molecule has 3 N–H and O–H groups in total. The molecule has 5 atom stereocenters. The number of nitro benzene ring substituents is 1. The number of likely N-dealkylation sites (tertiary alicyclic amines) is 1. The maximum atomic E-state index is 14.5. The number of nitrogens with one attached hydrogen (secondary N) is 3. The summed E-state index contributed by atoms with van der Waals surface area (Å²) in [6.07, 6.45) is -12.4. The molecule has 426 valence electrons. The van der Waals surface area contributed by atoms with Crippen LogP contribution in [-0.2, 0) is 38.3 Å². The Kier molecular flexibility index (Phi) is 18.0. The van der Waals surface area contributed by atoms with E-state index in [2.05, 4.69) is 25.1 Å². The Morgan fingerprint density at radius 2 is 1.52 bits per heavy atom. The number of rotatable bonds is 17. The molecule has 2 aromatic carbocycles. The van der Waals surface area contributed by atoms with Gasteiger partial charge < -0.3 is 39.2 Å². The Hall–Kier alpha value is -6.42. The van der Waals surface area contributed by atoms with Gasteiger partial charge in [-0.1, -0.05) is 51.8 Å². The first kappa shape index (κ1) is 61.4. The van der Waals surface area contributed by atoms with E-state index in [1.807, 2.05) is 4.72 Å². The lowest BCUT2D eigenvalue weighted by molar-refractivity contribution is -0.384. The van der Waals surface area contributed by atoms with Crippen LogP contribution in [0.4, 0.5) is 41.6 Å². The average molecular weight is 1140 g/mol. The summed E-state index contributed by atoms with van der Waals surface area (Å²) in [4.78, 5) is 82.0. The van der Waals surface area contributed by atoms with Gasteiger partial charge in [-0.05, 0) is 96.4 Å². The van der Waals surface area contributed by atoms with Crippen molar-refractivity contribution in [1.29, 1.82) is 0 Å². The molecule has 4 amide bonds. The molecule has 6 rings (SSSR count). The summed E-state index contributed by atoms with van der Waals surface area (Å²) in [5.41, 5.74) is -9.24. The minimum atomic E-state index is -4.93. The minimum Gasteiger partial charge on any atom is -0.488 e. The number of pyridine rings is 1. The van der Waals surface area contributed by atoms with Gasteiger partial charge >= 0.3 is 34.9 Å². The molecule has 77 heavy (non-hydrogen) atoms. The Balaban J connectivity index is 0.000000459. The molecular weight excluding hydrogens is 1080 g/mol. The highest BCUT2D eigenvalue weighted by Gasteiger charge is 2.62. The standard InChI is InChI=1S/C37H49ClF3N5O10S.C11H10F3NO5/c1-9-20-18-36(20,31(49)45-57(51,52)56-35(8)14-15-35)44-29(47)24-16-21(54-25-17-26(53-10-2)42-27-22(25)12-11-13-23(27)38)19-46(24)30(48)28(33(3,4)5)43-32(50)55-34(6,7)37(39,40)41;1-10(2,11(12,13)14)20-9(16)19-8-5-3-7(4-6-8)15(17)18/h11-13,17,20-21,24,28H,9-10,14-16,18-19H2,1-8H3,(H,43,50)(H,44,47)(H,45,49);3-6H,1-2H3/t20-,21-,24+,28-,36-;/m1./s1. The van der Waals surface area contributed by atoms with Crippen LogP contribution in [0.1, 0.15) is 101 Å². The Bertz CT molecular complexity index is 2850. The second-order valence-corrected chi connectivity index (χ2v) is 22.4. The zero-order chi connectivity index (χ0) is 58.1. The van der Waals surface area contributed by atoms with E-state index in [1.165, 1.54) is 6.07 Å². The van der Waals surface area contributed by atoms with Crippen molar-refractivity contribution >= 4 is 68.5 Å². The number of carbonyl (C=O) groups is 5. The van der Waals surface area contributed by atoms with Crippen molar-refractivity contribution in [1.82, 2.24) is 25.2 Å². The summed E-state index contributed by atoms with van der Waals surface area (Å²) in [6, 6.07) is 7.86. The summed E-state index contributed by atoms with van der Waals surface area (Å²) in [5, 5.41) is 16.2. The molecule has 0 spiro atoms. The number of amides is 4. The van der Waals surface area contributed by atoms with Crippen LogP contribution in [0.5, 0.6) is 17.4 Å². The molecule has 3 aromatic rings. The molecule has 2 saturated carbocycles. The van der Waals surface area contributed by atoms with Crippen LogP contribution < -0.4 is 29.6 Å². The van der Waals surface area contributed by atoms with Crippen molar-refractivity contribution < 1.29 is 91.5 Å². The number of fused-ring (bicyclic) bond motifs is 1. The van der Waals surface area contributed by atoms with Gasteiger partial charge in [0.05, 0.1) is 34.2 Å². The highest BCUT2D eigenvalue weighted by atomic mass is 35.5. The number of hydrogen-bond acceptors (Lipinski definition) is 16. The first-order chi connectivity index (χ1) is 35.3. The number of ether oxygens (including phenoxy) is 5. The van der Waals surface area contributed by atoms with Crippen LogP contribution >= 0.6 is 11.6 Å². The van der Waals surface area contributed by atoms with Gasteiger partial charge in [-0.15, -0.1) is 0 Å². The van der Waals surface area contributed by atoms with E-state index >= 15 is 0 Å². The second kappa shape index (κ2) is 22.5. The highest BCUT2D eigenvalue weighted by Crippen LogP contribution is 2.47. The number of nitrogens with zero attached hydrogens (tertiary/aromatic N) is 3. The lowest BCUT2D eigenvalue weighted by Gasteiger charge is -2.36. The van der Waals surface area contributed by atoms with E-state index in [4.69, 9.17) is 30.0 Å². The molecule has 1 aliphatic heterocycles. The van der Waals surface area contributed by atoms with E-state index in [-0.39, 0.29) is 49.1 Å². The first-order valence-corrected chi connectivity index (χ1v) is 25.6. The summed E-state index contributed by atoms with van der Waals surface area (Å²) in [5.74, 6) is -2.89. The molecule has 29 heteroatoms.